The molecule has 0 aliphatic heterocycles. The molecule has 0 bridgehead atoms. The highest BCUT2D eigenvalue weighted by atomic mass is 14.3. The van der Waals surface area contributed by atoms with Crippen LogP contribution >= 0.6 is 0 Å². The molecule has 0 heteroatoms. The molecule has 0 saturated heterocycles. The largest absolute Gasteiger partial charge is 0.0654 e. The maximum atomic E-state index is 2.32. The van der Waals surface area contributed by atoms with Gasteiger partial charge in [0.1, 0.15) is 0 Å². The molecule has 2 atom stereocenters. The van der Waals surface area contributed by atoms with Crippen LogP contribution in [0.3, 0.4) is 0 Å². The highest BCUT2D eigenvalue weighted by Gasteiger charge is 2.25. The van der Waals surface area contributed by atoms with Crippen LogP contribution in [0.15, 0.2) is 0 Å². The van der Waals surface area contributed by atoms with E-state index in [4.69, 9.17) is 0 Å². The first-order valence-electron chi connectivity index (χ1n) is 8.38. The van der Waals surface area contributed by atoms with E-state index < -0.39 is 0 Å². The molecule has 2 unspecified atom stereocenters. The summed E-state index contributed by atoms with van der Waals surface area (Å²) in [4.78, 5) is 0. The van der Waals surface area contributed by atoms with Crippen molar-refractivity contribution in [2.24, 2.45) is 11.8 Å². The Balaban J connectivity index is 2.05. The lowest BCUT2D eigenvalue weighted by atomic mass is 9.87. The van der Waals surface area contributed by atoms with E-state index in [0.717, 1.165) is 11.8 Å². The molecule has 0 aromatic rings. The molecular weight excluding hydrogens is 204 g/mol. The van der Waals surface area contributed by atoms with Gasteiger partial charge in [-0.25, -0.2) is 0 Å². The Morgan fingerprint density at radius 1 is 0.647 bits per heavy atom. The van der Waals surface area contributed by atoms with Crippen LogP contribution in [-0.4, -0.2) is 0 Å². The molecule has 102 valence electrons. The fourth-order valence-electron chi connectivity index (χ4n) is 3.54. The van der Waals surface area contributed by atoms with Crippen LogP contribution < -0.4 is 0 Å². The zero-order chi connectivity index (χ0) is 12.3. The molecule has 0 amide bonds. The number of unbranched alkanes of at least 4 members (excludes halogenated alkanes) is 6. The van der Waals surface area contributed by atoms with Crippen LogP contribution in [0.25, 0.3) is 0 Å². The van der Waals surface area contributed by atoms with E-state index in [1.807, 2.05) is 0 Å². The van der Waals surface area contributed by atoms with Gasteiger partial charge in [0.05, 0.1) is 0 Å². The van der Waals surface area contributed by atoms with Crippen molar-refractivity contribution in [2.75, 3.05) is 0 Å². The SMILES string of the molecule is CCCCCCCC1CCCC1CCCCC. The van der Waals surface area contributed by atoms with Gasteiger partial charge in [-0.3, -0.25) is 0 Å². The van der Waals surface area contributed by atoms with Crippen molar-refractivity contribution in [3.05, 3.63) is 0 Å². The molecule has 1 aliphatic rings. The van der Waals surface area contributed by atoms with E-state index in [-0.39, 0.29) is 0 Å². The first kappa shape index (κ1) is 15.1. The normalized spacial score (nSPS) is 24.4. The van der Waals surface area contributed by atoms with Crippen molar-refractivity contribution in [2.45, 2.75) is 97.3 Å². The predicted molar refractivity (Wildman–Crippen MR) is 78.3 cm³/mol. The van der Waals surface area contributed by atoms with Gasteiger partial charge >= 0.3 is 0 Å². The fraction of sp³-hybridized carbons (Fsp3) is 1.00. The number of rotatable bonds is 10. The van der Waals surface area contributed by atoms with Gasteiger partial charge in [0, 0.05) is 0 Å². The lowest BCUT2D eigenvalue weighted by Crippen LogP contribution is -2.08. The minimum atomic E-state index is 1.10. The Kier molecular flexibility index (Phi) is 8.83. The first-order chi connectivity index (χ1) is 8.38. The highest BCUT2D eigenvalue weighted by Crippen LogP contribution is 2.38. The van der Waals surface area contributed by atoms with Crippen molar-refractivity contribution < 1.29 is 0 Å². The Bertz CT molecular complexity index is 161. The molecular formula is C17H34. The molecule has 0 radical (unpaired) electrons. The van der Waals surface area contributed by atoms with Gasteiger partial charge in [-0.05, 0) is 11.8 Å². The molecule has 1 fully saturated rings. The molecule has 1 aliphatic carbocycles. The van der Waals surface area contributed by atoms with Gasteiger partial charge in [-0.2, -0.15) is 0 Å². The second-order valence-corrected chi connectivity index (χ2v) is 6.15. The summed E-state index contributed by atoms with van der Waals surface area (Å²) < 4.78 is 0. The minimum absolute atomic E-state index is 1.10. The van der Waals surface area contributed by atoms with Crippen molar-refractivity contribution in [1.29, 1.82) is 0 Å². The Labute approximate surface area is 110 Å². The van der Waals surface area contributed by atoms with Crippen LogP contribution in [0.1, 0.15) is 97.3 Å². The van der Waals surface area contributed by atoms with Crippen molar-refractivity contribution in [3.8, 4) is 0 Å². The maximum Gasteiger partial charge on any atom is -0.0386 e. The lowest BCUT2D eigenvalue weighted by molar-refractivity contribution is 0.323. The van der Waals surface area contributed by atoms with Gasteiger partial charge in [0.15, 0.2) is 0 Å². The molecule has 0 nitrogen and oxygen atoms in total. The standard InChI is InChI=1S/C17H34/c1-3-5-7-8-10-13-17-15-11-14-16(17)12-9-6-4-2/h16-17H,3-15H2,1-2H3. The topological polar surface area (TPSA) is 0 Å². The maximum absolute atomic E-state index is 2.32. The molecule has 0 aromatic carbocycles. The molecule has 0 N–H and O–H groups in total. The summed E-state index contributed by atoms with van der Waals surface area (Å²) in [6, 6.07) is 0. The summed E-state index contributed by atoms with van der Waals surface area (Å²) in [7, 11) is 0. The molecule has 0 heterocycles. The number of hydrogen-bond acceptors (Lipinski definition) is 0. The van der Waals surface area contributed by atoms with Gasteiger partial charge in [-0.1, -0.05) is 97.3 Å². The lowest BCUT2D eigenvalue weighted by Gasteiger charge is -2.19. The second kappa shape index (κ2) is 9.97. The zero-order valence-corrected chi connectivity index (χ0v) is 12.3. The molecule has 0 aromatic heterocycles. The van der Waals surface area contributed by atoms with Crippen LogP contribution in [0.4, 0.5) is 0 Å². The van der Waals surface area contributed by atoms with Gasteiger partial charge in [-0.15, -0.1) is 0 Å². The van der Waals surface area contributed by atoms with Crippen LogP contribution in [0.5, 0.6) is 0 Å². The van der Waals surface area contributed by atoms with Crippen molar-refractivity contribution >= 4 is 0 Å². The van der Waals surface area contributed by atoms with Crippen LogP contribution in [0.2, 0.25) is 0 Å². The van der Waals surface area contributed by atoms with Crippen LogP contribution in [-0.2, 0) is 0 Å². The van der Waals surface area contributed by atoms with Crippen molar-refractivity contribution in [3.63, 3.8) is 0 Å². The molecule has 17 heavy (non-hydrogen) atoms. The van der Waals surface area contributed by atoms with Gasteiger partial charge in [0.25, 0.3) is 0 Å². The van der Waals surface area contributed by atoms with E-state index in [9.17, 15) is 0 Å². The smallest absolute Gasteiger partial charge is 0.0386 e. The summed E-state index contributed by atoms with van der Waals surface area (Å²) in [5.74, 6) is 2.21. The Morgan fingerprint density at radius 2 is 1.12 bits per heavy atom. The van der Waals surface area contributed by atoms with E-state index in [2.05, 4.69) is 13.8 Å². The number of hydrogen-bond donors (Lipinski definition) is 0. The first-order valence-corrected chi connectivity index (χ1v) is 8.38. The minimum Gasteiger partial charge on any atom is -0.0654 e. The third-order valence-electron chi connectivity index (χ3n) is 4.67. The Hall–Kier alpha value is 0. The highest BCUT2D eigenvalue weighted by molar-refractivity contribution is 4.77. The third kappa shape index (κ3) is 6.48. The third-order valence-corrected chi connectivity index (χ3v) is 4.67. The van der Waals surface area contributed by atoms with Gasteiger partial charge < -0.3 is 0 Å². The van der Waals surface area contributed by atoms with E-state index in [0.29, 0.717) is 0 Å². The summed E-state index contributed by atoms with van der Waals surface area (Å²) in [6.45, 7) is 4.63. The van der Waals surface area contributed by atoms with E-state index in [1.165, 1.54) is 64.2 Å². The summed E-state index contributed by atoms with van der Waals surface area (Å²) in [5.41, 5.74) is 0. The monoisotopic (exact) mass is 238 g/mol. The average Bonchev–Trinajstić information content (AvgIpc) is 2.77. The van der Waals surface area contributed by atoms with E-state index >= 15 is 0 Å². The molecule has 0 spiro atoms. The summed E-state index contributed by atoms with van der Waals surface area (Å²) >= 11 is 0. The van der Waals surface area contributed by atoms with E-state index in [1.54, 1.807) is 19.3 Å². The average molecular weight is 238 g/mol. The summed E-state index contributed by atoms with van der Waals surface area (Å²) in [5, 5.41) is 0. The quantitative estimate of drug-likeness (QED) is 0.389. The fourth-order valence-corrected chi connectivity index (χ4v) is 3.54. The Morgan fingerprint density at radius 3 is 1.71 bits per heavy atom. The van der Waals surface area contributed by atoms with Crippen molar-refractivity contribution in [1.82, 2.24) is 0 Å². The predicted octanol–water partition coefficient (Wildman–Crippen LogP) is 6.34. The molecule has 1 saturated carbocycles. The molecule has 1 rings (SSSR count). The van der Waals surface area contributed by atoms with Gasteiger partial charge in [0.2, 0.25) is 0 Å². The van der Waals surface area contributed by atoms with Crippen LogP contribution in [0, 0.1) is 11.8 Å². The zero-order valence-electron chi connectivity index (χ0n) is 12.3. The second-order valence-electron chi connectivity index (χ2n) is 6.15. The summed E-state index contributed by atoms with van der Waals surface area (Å²) in [6.07, 6.45) is 19.3.